The van der Waals surface area contributed by atoms with Gasteiger partial charge in [-0.3, -0.25) is 4.79 Å². The van der Waals surface area contributed by atoms with E-state index >= 15 is 0 Å². The van der Waals surface area contributed by atoms with Gasteiger partial charge >= 0.3 is 0 Å². The number of thioether (sulfide) groups is 1. The van der Waals surface area contributed by atoms with Gasteiger partial charge in [0.1, 0.15) is 5.82 Å². The molecule has 2 heterocycles. The fraction of sp³-hybridized carbons (Fsp3) is 0.667. The lowest BCUT2D eigenvalue weighted by atomic mass is 10.1. The highest BCUT2D eigenvalue weighted by Gasteiger charge is 2.14. The normalized spacial score (nSPS) is 15.0. The summed E-state index contributed by atoms with van der Waals surface area (Å²) < 4.78 is 0. The van der Waals surface area contributed by atoms with E-state index in [1.165, 1.54) is 0 Å². The molecule has 0 atom stereocenters. The van der Waals surface area contributed by atoms with Crippen molar-refractivity contribution >= 4 is 11.8 Å². The molecule has 0 unspecified atom stereocenters. The third kappa shape index (κ3) is 3.33. The molecule has 0 saturated carbocycles. The van der Waals surface area contributed by atoms with E-state index in [0.29, 0.717) is 12.5 Å². The first-order valence-corrected chi connectivity index (χ1v) is 7.21. The molecule has 2 N–H and O–H groups in total. The maximum Gasteiger partial charge on any atom is 0.255 e. The average molecular weight is 253 g/mol. The molecule has 0 aromatic carbocycles. The Morgan fingerprint density at radius 3 is 3.06 bits per heavy atom. The topological polar surface area (TPSA) is 57.8 Å². The molecule has 0 saturated heterocycles. The molecular formula is C12H19N3OS. The highest BCUT2D eigenvalue weighted by Crippen LogP contribution is 2.13. The highest BCUT2D eigenvalue weighted by atomic mass is 32.2. The van der Waals surface area contributed by atoms with Crippen LogP contribution in [0.25, 0.3) is 0 Å². The summed E-state index contributed by atoms with van der Waals surface area (Å²) in [6, 6.07) is 0. The maximum absolute atomic E-state index is 11.8. The summed E-state index contributed by atoms with van der Waals surface area (Å²) in [7, 11) is 0. The number of rotatable bonds is 4. The number of hydrogen-bond acceptors (Lipinski definition) is 4. The van der Waals surface area contributed by atoms with Crippen molar-refractivity contribution in [3.05, 3.63) is 27.4 Å². The number of aromatic nitrogens is 2. The van der Waals surface area contributed by atoms with E-state index in [2.05, 4.69) is 29.1 Å². The SMILES string of the molecule is CC(C)CSCc1nc2c(c(=O)[nH]1)CNCC2. The van der Waals surface area contributed by atoms with Gasteiger partial charge in [0.25, 0.3) is 5.56 Å². The molecule has 0 aliphatic carbocycles. The Morgan fingerprint density at radius 1 is 1.47 bits per heavy atom. The van der Waals surface area contributed by atoms with E-state index in [4.69, 9.17) is 0 Å². The zero-order valence-corrected chi connectivity index (χ0v) is 11.2. The van der Waals surface area contributed by atoms with Crippen LogP contribution >= 0.6 is 11.8 Å². The minimum atomic E-state index is 0.0300. The lowest BCUT2D eigenvalue weighted by Gasteiger charge is -2.15. The molecule has 17 heavy (non-hydrogen) atoms. The standard InChI is InChI=1S/C12H19N3OS/c1-8(2)6-17-7-11-14-10-3-4-13-5-9(10)12(16)15-11/h8,13H,3-7H2,1-2H3,(H,14,15,16). The van der Waals surface area contributed by atoms with Crippen LogP contribution in [0.1, 0.15) is 30.9 Å². The van der Waals surface area contributed by atoms with E-state index in [9.17, 15) is 4.79 Å². The van der Waals surface area contributed by atoms with Crippen LogP contribution in [-0.4, -0.2) is 22.3 Å². The average Bonchev–Trinajstić information content (AvgIpc) is 2.28. The van der Waals surface area contributed by atoms with Crippen molar-refractivity contribution in [3.63, 3.8) is 0 Å². The Hall–Kier alpha value is -0.810. The molecule has 4 nitrogen and oxygen atoms in total. The Balaban J connectivity index is 2.09. The van der Waals surface area contributed by atoms with Crippen molar-refractivity contribution in [3.8, 4) is 0 Å². The van der Waals surface area contributed by atoms with Crippen LogP contribution in [0.2, 0.25) is 0 Å². The summed E-state index contributed by atoms with van der Waals surface area (Å²) in [5.74, 6) is 3.39. The molecule has 1 aliphatic heterocycles. The van der Waals surface area contributed by atoms with Gasteiger partial charge in [0.15, 0.2) is 0 Å². The van der Waals surface area contributed by atoms with Crippen LogP contribution in [-0.2, 0) is 18.7 Å². The first-order valence-electron chi connectivity index (χ1n) is 6.06. The van der Waals surface area contributed by atoms with Gasteiger partial charge in [0, 0.05) is 19.5 Å². The summed E-state index contributed by atoms with van der Waals surface area (Å²) in [6.07, 6.45) is 0.862. The Kier molecular flexibility index (Phi) is 4.23. The summed E-state index contributed by atoms with van der Waals surface area (Å²) in [6.45, 7) is 5.96. The molecule has 0 radical (unpaired) electrons. The highest BCUT2D eigenvalue weighted by molar-refractivity contribution is 7.98. The number of nitrogens with zero attached hydrogens (tertiary/aromatic N) is 1. The molecule has 1 aromatic rings. The van der Waals surface area contributed by atoms with Gasteiger partial charge < -0.3 is 10.3 Å². The van der Waals surface area contributed by atoms with Gasteiger partial charge in [0.2, 0.25) is 0 Å². The number of H-pyrrole nitrogens is 1. The van der Waals surface area contributed by atoms with Crippen LogP contribution in [0.4, 0.5) is 0 Å². The van der Waals surface area contributed by atoms with Gasteiger partial charge in [-0.2, -0.15) is 11.8 Å². The zero-order chi connectivity index (χ0) is 12.3. The number of fused-ring (bicyclic) bond motifs is 1. The molecule has 0 bridgehead atoms. The van der Waals surface area contributed by atoms with Crippen molar-refractivity contribution in [2.24, 2.45) is 5.92 Å². The van der Waals surface area contributed by atoms with Crippen molar-refractivity contribution in [2.45, 2.75) is 32.6 Å². The smallest absolute Gasteiger partial charge is 0.255 e. The maximum atomic E-state index is 11.8. The Morgan fingerprint density at radius 2 is 2.29 bits per heavy atom. The number of aromatic amines is 1. The molecule has 2 rings (SSSR count). The summed E-state index contributed by atoms with van der Waals surface area (Å²) in [5, 5.41) is 3.19. The monoisotopic (exact) mass is 253 g/mol. The minimum Gasteiger partial charge on any atom is -0.312 e. The number of nitrogens with one attached hydrogen (secondary N) is 2. The predicted octanol–water partition coefficient (Wildman–Crippen LogP) is 1.30. The van der Waals surface area contributed by atoms with Crippen molar-refractivity contribution in [2.75, 3.05) is 12.3 Å². The van der Waals surface area contributed by atoms with Crippen molar-refractivity contribution in [1.82, 2.24) is 15.3 Å². The van der Waals surface area contributed by atoms with Gasteiger partial charge in [-0.25, -0.2) is 4.98 Å². The first-order chi connectivity index (χ1) is 8.16. The van der Waals surface area contributed by atoms with E-state index in [1.54, 1.807) is 0 Å². The third-order valence-electron chi connectivity index (χ3n) is 2.68. The zero-order valence-electron chi connectivity index (χ0n) is 10.4. The predicted molar refractivity (Wildman–Crippen MR) is 71.3 cm³/mol. The van der Waals surface area contributed by atoms with E-state index in [-0.39, 0.29) is 5.56 Å². The van der Waals surface area contributed by atoms with Gasteiger partial charge in [0.05, 0.1) is 17.0 Å². The van der Waals surface area contributed by atoms with E-state index in [1.807, 2.05) is 11.8 Å². The second kappa shape index (κ2) is 5.69. The fourth-order valence-corrected chi connectivity index (χ4v) is 2.78. The minimum absolute atomic E-state index is 0.0300. The van der Waals surface area contributed by atoms with E-state index < -0.39 is 0 Å². The Labute approximate surface area is 106 Å². The summed E-state index contributed by atoms with van der Waals surface area (Å²) in [4.78, 5) is 19.3. The van der Waals surface area contributed by atoms with Crippen molar-refractivity contribution in [1.29, 1.82) is 0 Å². The lowest BCUT2D eigenvalue weighted by Crippen LogP contribution is -2.32. The summed E-state index contributed by atoms with van der Waals surface area (Å²) >= 11 is 1.83. The van der Waals surface area contributed by atoms with Crippen molar-refractivity contribution < 1.29 is 0 Å². The molecule has 0 spiro atoms. The van der Waals surface area contributed by atoms with Gasteiger partial charge in [-0.1, -0.05) is 13.8 Å². The molecule has 1 aromatic heterocycles. The second-order valence-corrected chi connectivity index (χ2v) is 5.80. The quantitative estimate of drug-likeness (QED) is 0.849. The summed E-state index contributed by atoms with van der Waals surface area (Å²) in [5.41, 5.74) is 1.82. The molecule has 5 heteroatoms. The van der Waals surface area contributed by atoms with Crippen LogP contribution in [0, 0.1) is 5.92 Å². The van der Waals surface area contributed by atoms with Crippen LogP contribution in [0.15, 0.2) is 4.79 Å². The lowest BCUT2D eigenvalue weighted by molar-refractivity contribution is 0.616. The fourth-order valence-electron chi connectivity index (χ4n) is 1.86. The molecule has 94 valence electrons. The largest absolute Gasteiger partial charge is 0.312 e. The van der Waals surface area contributed by atoms with Gasteiger partial charge in [-0.05, 0) is 11.7 Å². The molecule has 1 aliphatic rings. The van der Waals surface area contributed by atoms with E-state index in [0.717, 1.165) is 41.6 Å². The number of hydrogen-bond donors (Lipinski definition) is 2. The Bertz CT molecular complexity index is 442. The van der Waals surface area contributed by atoms with Gasteiger partial charge in [-0.15, -0.1) is 0 Å². The third-order valence-corrected chi connectivity index (χ3v) is 4.06. The van der Waals surface area contributed by atoms with Crippen LogP contribution in [0.5, 0.6) is 0 Å². The molecular weight excluding hydrogens is 234 g/mol. The molecule has 0 amide bonds. The molecule has 0 fully saturated rings. The second-order valence-electron chi connectivity index (χ2n) is 4.77. The van der Waals surface area contributed by atoms with Crippen LogP contribution < -0.4 is 10.9 Å². The first kappa shape index (κ1) is 12.6. The van der Waals surface area contributed by atoms with Crippen LogP contribution in [0.3, 0.4) is 0 Å².